The number of benzene rings is 2. The van der Waals surface area contributed by atoms with Gasteiger partial charge in [-0.05, 0) is 42.8 Å². The van der Waals surface area contributed by atoms with Crippen molar-refractivity contribution in [2.45, 2.75) is 19.6 Å². The molecule has 1 atom stereocenters. The van der Waals surface area contributed by atoms with Crippen molar-refractivity contribution in [1.29, 1.82) is 0 Å². The number of hydrogen-bond acceptors (Lipinski definition) is 3. The maximum Gasteiger partial charge on any atom is 0.123 e. The predicted molar refractivity (Wildman–Crippen MR) is 82.1 cm³/mol. The van der Waals surface area contributed by atoms with Crippen molar-refractivity contribution in [3.63, 3.8) is 0 Å². The van der Waals surface area contributed by atoms with Crippen LogP contribution in [0.1, 0.15) is 24.2 Å². The van der Waals surface area contributed by atoms with Crippen molar-refractivity contribution in [2.75, 3.05) is 19.1 Å². The van der Waals surface area contributed by atoms with E-state index in [1.54, 1.807) is 20.1 Å². The second-order valence-electron chi connectivity index (χ2n) is 5.09. The van der Waals surface area contributed by atoms with Gasteiger partial charge in [0, 0.05) is 24.8 Å². The van der Waals surface area contributed by atoms with Crippen LogP contribution in [0, 0.1) is 5.82 Å². The van der Waals surface area contributed by atoms with Crippen LogP contribution in [0.15, 0.2) is 42.5 Å². The highest BCUT2D eigenvalue weighted by Crippen LogP contribution is 2.28. The number of rotatable bonds is 5. The van der Waals surface area contributed by atoms with Crippen LogP contribution >= 0.6 is 0 Å². The number of methoxy groups -OCH3 is 1. The van der Waals surface area contributed by atoms with Gasteiger partial charge in [-0.3, -0.25) is 0 Å². The lowest BCUT2D eigenvalue weighted by Crippen LogP contribution is -2.18. The van der Waals surface area contributed by atoms with Gasteiger partial charge < -0.3 is 14.7 Å². The fourth-order valence-corrected chi connectivity index (χ4v) is 2.34. The van der Waals surface area contributed by atoms with Crippen LogP contribution in [0.25, 0.3) is 0 Å². The highest BCUT2D eigenvalue weighted by Gasteiger charge is 2.13. The second kappa shape index (κ2) is 6.59. The minimum atomic E-state index is -0.719. The molecule has 0 amide bonds. The molecule has 2 rings (SSSR count). The first-order valence-electron chi connectivity index (χ1n) is 6.83. The normalized spacial score (nSPS) is 12.0. The first-order chi connectivity index (χ1) is 10.0. The number of anilines is 1. The molecule has 2 aromatic rings. The zero-order valence-electron chi connectivity index (χ0n) is 12.5. The Hall–Kier alpha value is -2.07. The predicted octanol–water partition coefficient (Wildman–Crippen LogP) is 3.52. The summed E-state index contributed by atoms with van der Waals surface area (Å²) < 4.78 is 18.6. The molecule has 0 aliphatic heterocycles. The van der Waals surface area contributed by atoms with Crippen LogP contribution < -0.4 is 9.64 Å². The van der Waals surface area contributed by atoms with Gasteiger partial charge in [-0.2, -0.15) is 0 Å². The summed E-state index contributed by atoms with van der Waals surface area (Å²) in [6.07, 6.45) is -0.719. The van der Waals surface area contributed by atoms with Gasteiger partial charge in [0.05, 0.1) is 13.2 Å². The fourth-order valence-electron chi connectivity index (χ4n) is 2.34. The summed E-state index contributed by atoms with van der Waals surface area (Å²) in [5.74, 6) is 0.459. The van der Waals surface area contributed by atoms with E-state index in [9.17, 15) is 9.50 Å². The van der Waals surface area contributed by atoms with Gasteiger partial charge in [0.1, 0.15) is 11.6 Å². The number of nitrogens with zero attached hydrogens (tertiary/aromatic N) is 1. The van der Waals surface area contributed by atoms with Gasteiger partial charge in [0.15, 0.2) is 0 Å². The van der Waals surface area contributed by atoms with Gasteiger partial charge >= 0.3 is 0 Å². The van der Waals surface area contributed by atoms with Gasteiger partial charge in [0.2, 0.25) is 0 Å². The van der Waals surface area contributed by atoms with Gasteiger partial charge in [-0.25, -0.2) is 4.39 Å². The fraction of sp³-hybridized carbons (Fsp3) is 0.294. The van der Waals surface area contributed by atoms with Crippen molar-refractivity contribution < 1.29 is 14.2 Å². The molecule has 3 nitrogen and oxygen atoms in total. The smallest absolute Gasteiger partial charge is 0.123 e. The third-order valence-electron chi connectivity index (χ3n) is 3.40. The molecule has 1 unspecified atom stereocenters. The first-order valence-corrected chi connectivity index (χ1v) is 6.83. The lowest BCUT2D eigenvalue weighted by atomic mass is 10.1. The van der Waals surface area contributed by atoms with E-state index in [0.717, 1.165) is 17.0 Å². The third-order valence-corrected chi connectivity index (χ3v) is 3.40. The number of aliphatic hydroxyl groups excluding tert-OH is 1. The molecular formula is C17H20FNO2. The van der Waals surface area contributed by atoms with Crippen LogP contribution in [0.5, 0.6) is 5.75 Å². The number of ether oxygens (including phenoxy) is 1. The summed E-state index contributed by atoms with van der Waals surface area (Å²) in [5, 5.41) is 9.81. The van der Waals surface area contributed by atoms with E-state index in [2.05, 4.69) is 0 Å². The minimum Gasteiger partial charge on any atom is -0.497 e. The average molecular weight is 289 g/mol. The Morgan fingerprint density at radius 2 is 2.00 bits per heavy atom. The second-order valence-corrected chi connectivity index (χ2v) is 5.09. The van der Waals surface area contributed by atoms with E-state index >= 15 is 0 Å². The quantitative estimate of drug-likeness (QED) is 0.914. The van der Waals surface area contributed by atoms with Gasteiger partial charge in [0.25, 0.3) is 0 Å². The Kier molecular flexibility index (Phi) is 4.81. The Labute approximate surface area is 124 Å². The van der Waals surface area contributed by atoms with E-state index in [1.807, 2.05) is 36.2 Å². The topological polar surface area (TPSA) is 32.7 Å². The number of aliphatic hydroxyl groups is 1. The number of halogens is 1. The van der Waals surface area contributed by atoms with E-state index in [0.29, 0.717) is 12.1 Å². The molecule has 0 aliphatic carbocycles. The first kappa shape index (κ1) is 15.3. The molecule has 0 saturated carbocycles. The SMILES string of the molecule is COc1cccc(CN(C)c2ccc(F)cc2C(C)O)c1. The molecule has 0 radical (unpaired) electrons. The van der Waals surface area contributed by atoms with E-state index in [4.69, 9.17) is 4.74 Å². The summed E-state index contributed by atoms with van der Waals surface area (Å²) >= 11 is 0. The lowest BCUT2D eigenvalue weighted by molar-refractivity contribution is 0.199. The monoisotopic (exact) mass is 289 g/mol. The Bertz CT molecular complexity index is 613. The molecule has 4 heteroatoms. The van der Waals surface area contributed by atoms with Crippen molar-refractivity contribution in [3.8, 4) is 5.75 Å². The number of hydrogen-bond donors (Lipinski definition) is 1. The standard InChI is InChI=1S/C17H20FNO2/c1-12(20)16-10-14(18)7-8-17(16)19(2)11-13-5-4-6-15(9-13)21-3/h4-10,12,20H,11H2,1-3H3. The summed E-state index contributed by atoms with van der Waals surface area (Å²) in [5.41, 5.74) is 2.48. The maximum atomic E-state index is 13.4. The molecule has 0 bridgehead atoms. The molecule has 112 valence electrons. The van der Waals surface area contributed by atoms with Crippen molar-refractivity contribution in [1.82, 2.24) is 0 Å². The largest absolute Gasteiger partial charge is 0.497 e. The van der Waals surface area contributed by atoms with Crippen molar-refractivity contribution in [2.24, 2.45) is 0 Å². The highest BCUT2D eigenvalue weighted by molar-refractivity contribution is 5.54. The van der Waals surface area contributed by atoms with Crippen LogP contribution in [0.4, 0.5) is 10.1 Å². The van der Waals surface area contributed by atoms with E-state index in [-0.39, 0.29) is 5.82 Å². The lowest BCUT2D eigenvalue weighted by Gasteiger charge is -2.24. The van der Waals surface area contributed by atoms with Crippen LogP contribution in [-0.2, 0) is 6.54 Å². The molecule has 0 spiro atoms. The Morgan fingerprint density at radius 3 is 2.67 bits per heavy atom. The van der Waals surface area contributed by atoms with Crippen LogP contribution in [0.3, 0.4) is 0 Å². The van der Waals surface area contributed by atoms with Gasteiger partial charge in [-0.1, -0.05) is 12.1 Å². The molecular weight excluding hydrogens is 269 g/mol. The Morgan fingerprint density at radius 1 is 1.24 bits per heavy atom. The molecule has 1 N–H and O–H groups in total. The zero-order chi connectivity index (χ0) is 15.4. The summed E-state index contributed by atoms with van der Waals surface area (Å²) in [6, 6.07) is 12.3. The molecule has 0 heterocycles. The van der Waals surface area contributed by atoms with Crippen LogP contribution in [0.2, 0.25) is 0 Å². The van der Waals surface area contributed by atoms with Crippen molar-refractivity contribution in [3.05, 3.63) is 59.4 Å². The molecule has 0 aliphatic rings. The van der Waals surface area contributed by atoms with E-state index in [1.165, 1.54) is 12.1 Å². The molecule has 21 heavy (non-hydrogen) atoms. The van der Waals surface area contributed by atoms with Gasteiger partial charge in [-0.15, -0.1) is 0 Å². The maximum absolute atomic E-state index is 13.4. The Balaban J connectivity index is 2.25. The van der Waals surface area contributed by atoms with Crippen LogP contribution in [-0.4, -0.2) is 19.3 Å². The summed E-state index contributed by atoms with van der Waals surface area (Å²) in [7, 11) is 3.55. The molecule has 0 saturated heterocycles. The molecule has 0 aromatic heterocycles. The average Bonchev–Trinajstić information content (AvgIpc) is 2.47. The highest BCUT2D eigenvalue weighted by atomic mass is 19.1. The summed E-state index contributed by atoms with van der Waals surface area (Å²) in [4.78, 5) is 1.98. The van der Waals surface area contributed by atoms with Crippen molar-refractivity contribution >= 4 is 5.69 Å². The summed E-state index contributed by atoms with van der Waals surface area (Å²) in [6.45, 7) is 2.28. The molecule has 0 fully saturated rings. The zero-order valence-corrected chi connectivity index (χ0v) is 12.5. The molecule has 2 aromatic carbocycles. The minimum absolute atomic E-state index is 0.343. The van der Waals surface area contributed by atoms with E-state index < -0.39 is 6.10 Å². The third kappa shape index (κ3) is 3.73.